The topological polar surface area (TPSA) is 58.6 Å². The number of para-hydroxylation sites is 1. The molecule has 2 amide bonds. The van der Waals surface area contributed by atoms with E-state index in [1.54, 1.807) is 31.3 Å². The number of urea groups is 1. The van der Waals surface area contributed by atoms with Gasteiger partial charge in [-0.1, -0.05) is 24.3 Å². The first-order valence-corrected chi connectivity index (χ1v) is 6.44. The van der Waals surface area contributed by atoms with Gasteiger partial charge in [-0.3, -0.25) is 9.69 Å². The van der Waals surface area contributed by atoms with Crippen molar-refractivity contribution in [2.45, 2.75) is 6.92 Å². The first-order valence-electron chi connectivity index (χ1n) is 6.44. The standard InChI is InChI=1S/C16H16N2O3/c1-12(19)21-15-10-6-7-13(11-15)17-16(20)18(2)14-8-4-3-5-9-14/h3-11H,1-2H3,(H,17,20). The fourth-order valence-corrected chi connectivity index (χ4v) is 1.78. The quantitative estimate of drug-likeness (QED) is 0.695. The van der Waals surface area contributed by atoms with Crippen LogP contribution in [-0.4, -0.2) is 19.0 Å². The van der Waals surface area contributed by atoms with Crippen LogP contribution in [0.2, 0.25) is 0 Å². The average molecular weight is 284 g/mol. The molecule has 0 aliphatic heterocycles. The average Bonchev–Trinajstić information content (AvgIpc) is 2.47. The molecule has 0 aliphatic carbocycles. The summed E-state index contributed by atoms with van der Waals surface area (Å²) < 4.78 is 4.98. The number of benzene rings is 2. The molecule has 0 aromatic heterocycles. The number of carbonyl (C=O) groups excluding carboxylic acids is 2. The van der Waals surface area contributed by atoms with Crippen molar-refractivity contribution in [2.24, 2.45) is 0 Å². The van der Waals surface area contributed by atoms with E-state index >= 15 is 0 Å². The van der Waals surface area contributed by atoms with Crippen LogP contribution in [0.1, 0.15) is 6.92 Å². The summed E-state index contributed by atoms with van der Waals surface area (Å²) in [6.45, 7) is 1.33. The van der Waals surface area contributed by atoms with Crippen molar-refractivity contribution < 1.29 is 14.3 Å². The number of carbonyl (C=O) groups is 2. The van der Waals surface area contributed by atoms with E-state index in [0.717, 1.165) is 5.69 Å². The number of nitrogens with zero attached hydrogens (tertiary/aromatic N) is 1. The van der Waals surface area contributed by atoms with Gasteiger partial charge in [0.05, 0.1) is 0 Å². The van der Waals surface area contributed by atoms with Crippen molar-refractivity contribution in [1.29, 1.82) is 0 Å². The second-order valence-corrected chi connectivity index (χ2v) is 4.45. The van der Waals surface area contributed by atoms with E-state index in [1.165, 1.54) is 11.8 Å². The molecule has 5 nitrogen and oxygen atoms in total. The van der Waals surface area contributed by atoms with Gasteiger partial charge < -0.3 is 10.1 Å². The first kappa shape index (κ1) is 14.6. The fourth-order valence-electron chi connectivity index (χ4n) is 1.78. The minimum Gasteiger partial charge on any atom is -0.427 e. The lowest BCUT2D eigenvalue weighted by Gasteiger charge is -2.18. The molecule has 0 bridgehead atoms. The monoisotopic (exact) mass is 284 g/mol. The second kappa shape index (κ2) is 6.56. The Hall–Kier alpha value is -2.82. The molecule has 0 saturated heterocycles. The molecule has 108 valence electrons. The maximum absolute atomic E-state index is 12.2. The van der Waals surface area contributed by atoms with Crippen molar-refractivity contribution in [1.82, 2.24) is 0 Å². The predicted octanol–water partition coefficient (Wildman–Crippen LogP) is 3.28. The maximum atomic E-state index is 12.2. The number of ether oxygens (including phenoxy) is 1. The van der Waals surface area contributed by atoms with Gasteiger partial charge in [-0.15, -0.1) is 0 Å². The second-order valence-electron chi connectivity index (χ2n) is 4.45. The van der Waals surface area contributed by atoms with Crippen molar-refractivity contribution in [3.8, 4) is 5.75 Å². The molecule has 2 aromatic rings. The molecule has 0 aliphatic rings. The lowest BCUT2D eigenvalue weighted by molar-refractivity contribution is -0.131. The lowest BCUT2D eigenvalue weighted by atomic mass is 10.3. The summed E-state index contributed by atoms with van der Waals surface area (Å²) >= 11 is 0. The summed E-state index contributed by atoms with van der Waals surface area (Å²) in [5.74, 6) is -0.0115. The summed E-state index contributed by atoms with van der Waals surface area (Å²) in [7, 11) is 1.68. The molecular weight excluding hydrogens is 268 g/mol. The van der Waals surface area contributed by atoms with Gasteiger partial charge in [-0.2, -0.15) is 0 Å². The smallest absolute Gasteiger partial charge is 0.326 e. The van der Waals surface area contributed by atoms with Crippen LogP contribution in [0, 0.1) is 0 Å². The summed E-state index contributed by atoms with van der Waals surface area (Å²) in [6, 6.07) is 15.7. The largest absolute Gasteiger partial charge is 0.427 e. The van der Waals surface area contributed by atoms with Crippen molar-refractivity contribution in [2.75, 3.05) is 17.3 Å². The third kappa shape index (κ3) is 4.07. The zero-order valence-electron chi connectivity index (χ0n) is 11.9. The van der Waals surface area contributed by atoms with E-state index in [-0.39, 0.29) is 6.03 Å². The number of rotatable bonds is 3. The van der Waals surface area contributed by atoms with Crippen molar-refractivity contribution in [3.63, 3.8) is 0 Å². The zero-order valence-corrected chi connectivity index (χ0v) is 11.9. The van der Waals surface area contributed by atoms with Gasteiger partial charge in [0.2, 0.25) is 0 Å². The van der Waals surface area contributed by atoms with Crippen LogP contribution in [0.25, 0.3) is 0 Å². The summed E-state index contributed by atoms with van der Waals surface area (Å²) in [4.78, 5) is 24.6. The molecule has 0 fully saturated rings. The Morgan fingerprint density at radius 2 is 1.76 bits per heavy atom. The van der Waals surface area contributed by atoms with Crippen LogP contribution in [0.15, 0.2) is 54.6 Å². The first-order chi connectivity index (χ1) is 10.1. The van der Waals surface area contributed by atoms with Crippen LogP contribution in [0.4, 0.5) is 16.2 Å². The minimum absolute atomic E-state index is 0.277. The van der Waals surface area contributed by atoms with E-state index in [4.69, 9.17) is 4.74 Å². The fraction of sp³-hybridized carbons (Fsp3) is 0.125. The van der Waals surface area contributed by atoms with Gasteiger partial charge in [0.1, 0.15) is 5.75 Å². The van der Waals surface area contributed by atoms with Crippen LogP contribution < -0.4 is 15.0 Å². The van der Waals surface area contributed by atoms with E-state index in [2.05, 4.69) is 5.32 Å². The van der Waals surface area contributed by atoms with Gasteiger partial charge in [-0.05, 0) is 24.3 Å². The van der Waals surface area contributed by atoms with Gasteiger partial charge in [0, 0.05) is 31.4 Å². The normalized spacial score (nSPS) is 9.81. The predicted molar refractivity (Wildman–Crippen MR) is 81.6 cm³/mol. The zero-order chi connectivity index (χ0) is 15.2. The Kier molecular flexibility index (Phi) is 4.56. The number of anilines is 2. The third-order valence-electron chi connectivity index (χ3n) is 2.80. The van der Waals surface area contributed by atoms with Crippen molar-refractivity contribution >= 4 is 23.4 Å². The molecule has 2 aromatic carbocycles. The van der Waals surface area contributed by atoms with E-state index < -0.39 is 5.97 Å². The van der Waals surface area contributed by atoms with Gasteiger partial charge in [-0.25, -0.2) is 4.79 Å². The Labute approximate surface area is 123 Å². The van der Waals surface area contributed by atoms with Gasteiger partial charge in [0.15, 0.2) is 0 Å². The highest BCUT2D eigenvalue weighted by Gasteiger charge is 2.11. The molecule has 0 spiro atoms. The maximum Gasteiger partial charge on any atom is 0.326 e. The lowest BCUT2D eigenvalue weighted by Crippen LogP contribution is -2.31. The number of esters is 1. The highest BCUT2D eigenvalue weighted by molar-refractivity contribution is 6.01. The van der Waals surface area contributed by atoms with Gasteiger partial charge in [0.25, 0.3) is 0 Å². The molecule has 0 atom stereocenters. The molecule has 0 saturated carbocycles. The van der Waals surface area contributed by atoms with Crippen LogP contribution in [0.5, 0.6) is 5.75 Å². The third-order valence-corrected chi connectivity index (χ3v) is 2.80. The Bertz CT molecular complexity index is 641. The number of nitrogens with one attached hydrogen (secondary N) is 1. The Morgan fingerprint density at radius 1 is 1.05 bits per heavy atom. The van der Waals surface area contributed by atoms with E-state index in [0.29, 0.717) is 11.4 Å². The van der Waals surface area contributed by atoms with Crippen molar-refractivity contribution in [3.05, 3.63) is 54.6 Å². The molecule has 0 radical (unpaired) electrons. The van der Waals surface area contributed by atoms with Gasteiger partial charge >= 0.3 is 12.0 Å². The van der Waals surface area contributed by atoms with E-state index in [1.807, 2.05) is 30.3 Å². The number of hydrogen-bond donors (Lipinski definition) is 1. The minimum atomic E-state index is -0.403. The SMILES string of the molecule is CC(=O)Oc1cccc(NC(=O)N(C)c2ccccc2)c1. The summed E-state index contributed by atoms with van der Waals surface area (Å²) in [6.07, 6.45) is 0. The molecule has 0 unspecified atom stereocenters. The highest BCUT2D eigenvalue weighted by Crippen LogP contribution is 2.19. The van der Waals surface area contributed by atoms with Crippen LogP contribution >= 0.6 is 0 Å². The Morgan fingerprint density at radius 3 is 2.43 bits per heavy atom. The number of hydrogen-bond acceptors (Lipinski definition) is 3. The summed E-state index contributed by atoms with van der Waals surface area (Å²) in [5.41, 5.74) is 1.34. The summed E-state index contributed by atoms with van der Waals surface area (Å²) in [5, 5.41) is 2.75. The molecule has 21 heavy (non-hydrogen) atoms. The Balaban J connectivity index is 2.07. The van der Waals surface area contributed by atoms with Crippen LogP contribution in [-0.2, 0) is 4.79 Å². The van der Waals surface area contributed by atoms with E-state index in [9.17, 15) is 9.59 Å². The van der Waals surface area contributed by atoms with Crippen LogP contribution in [0.3, 0.4) is 0 Å². The molecule has 0 heterocycles. The molecule has 1 N–H and O–H groups in total. The number of amides is 2. The highest BCUT2D eigenvalue weighted by atomic mass is 16.5. The molecule has 2 rings (SSSR count). The molecular formula is C16H16N2O3. The molecule has 5 heteroatoms.